The number of para-hydroxylation sites is 4. The van der Waals surface area contributed by atoms with Crippen molar-refractivity contribution in [1.29, 1.82) is 0 Å². The van der Waals surface area contributed by atoms with Crippen molar-refractivity contribution in [2.45, 2.75) is 0 Å². The zero-order valence-corrected chi connectivity index (χ0v) is 40.1. The Morgan fingerprint density at radius 1 is 0.257 bits per heavy atom. The first-order valence-corrected chi connectivity index (χ1v) is 24.9. The van der Waals surface area contributed by atoms with E-state index in [1.165, 1.54) is 21.5 Å². The number of nitrogens with zero attached hydrogens (tertiary/aromatic N) is 6. The molecule has 14 aromatic rings. The first kappa shape index (κ1) is 42.8. The van der Waals surface area contributed by atoms with Crippen LogP contribution in [0.1, 0.15) is 0 Å². The number of aromatic nitrogens is 6. The highest BCUT2D eigenvalue weighted by atomic mass is 15.0. The van der Waals surface area contributed by atoms with Gasteiger partial charge in [-0.1, -0.05) is 121 Å². The summed E-state index contributed by atoms with van der Waals surface area (Å²) in [6, 6.07) is 87.0. The van der Waals surface area contributed by atoms with Crippen LogP contribution < -0.4 is 0 Å². The summed E-state index contributed by atoms with van der Waals surface area (Å²) in [7, 11) is 0. The second kappa shape index (κ2) is 18.0. The summed E-state index contributed by atoms with van der Waals surface area (Å²) < 4.78 is 4.94. The highest BCUT2D eigenvalue weighted by Gasteiger charge is 2.25. The van der Waals surface area contributed by atoms with Gasteiger partial charge in [0.05, 0.1) is 44.8 Å². The topological polar surface area (TPSA) is 61.4 Å². The number of rotatable bonds is 9. The van der Waals surface area contributed by atoms with Gasteiger partial charge in [-0.2, -0.15) is 0 Å². The van der Waals surface area contributed by atoms with Gasteiger partial charge in [0.15, 0.2) is 0 Å². The maximum Gasteiger partial charge on any atom is 0.0795 e. The molecule has 0 saturated carbocycles. The molecule has 8 aromatic carbocycles. The van der Waals surface area contributed by atoms with Crippen LogP contribution in [0.2, 0.25) is 0 Å². The van der Waals surface area contributed by atoms with Gasteiger partial charge in [-0.15, -0.1) is 0 Å². The lowest BCUT2D eigenvalue weighted by atomic mass is 9.89. The smallest absolute Gasteiger partial charge is 0.0795 e. The number of pyridine rings is 4. The monoisotopic (exact) mass is 944 g/mol. The van der Waals surface area contributed by atoms with Gasteiger partial charge in [0.1, 0.15) is 0 Å². The van der Waals surface area contributed by atoms with E-state index >= 15 is 0 Å². The van der Waals surface area contributed by atoms with Crippen molar-refractivity contribution in [3.05, 3.63) is 267 Å². The fourth-order valence-electron chi connectivity index (χ4n) is 10.9. The van der Waals surface area contributed by atoms with E-state index in [4.69, 9.17) is 9.97 Å². The van der Waals surface area contributed by atoms with Gasteiger partial charge in [-0.05, 0) is 155 Å². The summed E-state index contributed by atoms with van der Waals surface area (Å²) in [5, 5.41) is 4.75. The fourth-order valence-corrected chi connectivity index (χ4v) is 10.9. The number of hydrogen-bond acceptors (Lipinski definition) is 4. The summed E-state index contributed by atoms with van der Waals surface area (Å²) in [5.41, 5.74) is 21.2. The quantitative estimate of drug-likeness (QED) is 0.145. The van der Waals surface area contributed by atoms with Gasteiger partial charge in [0.25, 0.3) is 0 Å². The molecular weight excluding hydrogens is 901 g/mol. The van der Waals surface area contributed by atoms with Crippen LogP contribution in [0.25, 0.3) is 133 Å². The molecule has 6 aromatic heterocycles. The Labute approximate surface area is 427 Å². The lowest BCUT2D eigenvalue weighted by Gasteiger charge is -2.16. The van der Waals surface area contributed by atoms with E-state index in [1.807, 2.05) is 49.1 Å². The van der Waals surface area contributed by atoms with Crippen LogP contribution in [-0.2, 0) is 0 Å². The van der Waals surface area contributed by atoms with Gasteiger partial charge >= 0.3 is 0 Å². The number of benzene rings is 8. The normalized spacial score (nSPS) is 11.5. The van der Waals surface area contributed by atoms with E-state index < -0.39 is 0 Å². The lowest BCUT2D eigenvalue weighted by molar-refractivity contribution is 1.15. The second-order valence-corrected chi connectivity index (χ2v) is 18.7. The van der Waals surface area contributed by atoms with Crippen molar-refractivity contribution in [3.8, 4) is 89.8 Å². The first-order chi connectivity index (χ1) is 36.7. The molecule has 0 aliphatic heterocycles. The zero-order chi connectivity index (χ0) is 49.0. The van der Waals surface area contributed by atoms with E-state index in [1.54, 1.807) is 0 Å². The second-order valence-electron chi connectivity index (χ2n) is 18.7. The number of hydrogen-bond donors (Lipinski definition) is 0. The number of fused-ring (bicyclic) bond motifs is 7. The van der Waals surface area contributed by atoms with E-state index in [0.717, 1.165) is 112 Å². The molecule has 0 N–H and O–H groups in total. The zero-order valence-electron chi connectivity index (χ0n) is 40.1. The Morgan fingerprint density at radius 2 is 0.662 bits per heavy atom. The van der Waals surface area contributed by atoms with Gasteiger partial charge in [-0.25, -0.2) is 9.97 Å². The molecule has 0 bridgehead atoms. The van der Waals surface area contributed by atoms with Gasteiger partial charge in [-0.3, -0.25) is 9.97 Å². The summed E-state index contributed by atoms with van der Waals surface area (Å²) in [6.07, 6.45) is 7.25. The van der Waals surface area contributed by atoms with Gasteiger partial charge < -0.3 is 9.13 Å². The average molecular weight is 945 g/mol. The molecule has 0 amide bonds. The molecule has 0 atom stereocenters. The molecule has 14 rings (SSSR count). The first-order valence-electron chi connectivity index (χ1n) is 24.9. The third kappa shape index (κ3) is 7.44. The molecule has 0 radical (unpaired) electrons. The van der Waals surface area contributed by atoms with Crippen molar-refractivity contribution in [3.63, 3.8) is 0 Å². The third-order valence-electron chi connectivity index (χ3n) is 14.3. The van der Waals surface area contributed by atoms with Crippen LogP contribution in [0.15, 0.2) is 267 Å². The largest absolute Gasteiger partial charge is 0.307 e. The molecule has 0 unspecified atom stereocenters. The minimum atomic E-state index is 0.905. The molecule has 6 nitrogen and oxygen atoms in total. The Kier molecular flexibility index (Phi) is 10.4. The maximum absolute atomic E-state index is 5.17. The summed E-state index contributed by atoms with van der Waals surface area (Å²) in [6.45, 7) is 0. The summed E-state index contributed by atoms with van der Waals surface area (Å²) >= 11 is 0. The predicted molar refractivity (Wildman–Crippen MR) is 304 cm³/mol. The minimum absolute atomic E-state index is 0.905. The Bertz CT molecular complexity index is 4260. The highest BCUT2D eigenvalue weighted by Crippen LogP contribution is 2.48. The van der Waals surface area contributed by atoms with Gasteiger partial charge in [0, 0.05) is 80.0 Å². The summed E-state index contributed by atoms with van der Waals surface area (Å²) in [5.74, 6) is 0. The molecule has 74 heavy (non-hydrogen) atoms. The van der Waals surface area contributed by atoms with Crippen LogP contribution in [0.5, 0.6) is 0 Å². The molecule has 0 fully saturated rings. The Balaban J connectivity index is 1.05. The van der Waals surface area contributed by atoms with Crippen molar-refractivity contribution >= 4 is 43.6 Å². The van der Waals surface area contributed by atoms with Gasteiger partial charge in [0.2, 0.25) is 0 Å². The van der Waals surface area contributed by atoms with Crippen molar-refractivity contribution in [2.75, 3.05) is 0 Å². The van der Waals surface area contributed by atoms with E-state index in [2.05, 4.69) is 237 Å². The molecule has 0 saturated heterocycles. The van der Waals surface area contributed by atoms with Crippen LogP contribution >= 0.6 is 0 Å². The lowest BCUT2D eigenvalue weighted by Crippen LogP contribution is -1.99. The van der Waals surface area contributed by atoms with Crippen LogP contribution in [0, 0.1) is 0 Å². The standard InChI is InChI=1S/C68H44N6/c1-3-19-54(20-4-1)73-64-29-9-7-23-56(64)59-44-58(66-57-24-8-10-30-65(57)74(68(66)67(59)73)55-21-5-2-6-22-55)53-42-51(47-15-11-17-49(39-47)62-27-13-25-60(71-62)45-31-35-69-36-32-45)41-52(43-53)48-16-12-18-50(40-48)63-28-14-26-61(72-63)46-33-37-70-38-34-46/h1-44H. The Hall–Kier alpha value is -10.0. The average Bonchev–Trinajstić information content (AvgIpc) is 4.04. The SMILES string of the molecule is c1ccc(-n2c3ccccc3c3cc(-c4cc(-c5cccc(-c6cccc(-c7ccncc7)n6)c5)cc(-c5cccc(-c6cccc(-c7ccncc7)n6)c5)c4)c4c5ccccc5n(-c5ccccc5)c4c32)cc1. The molecule has 0 aliphatic rings. The van der Waals surface area contributed by atoms with E-state index in [9.17, 15) is 0 Å². The third-order valence-corrected chi connectivity index (χ3v) is 14.3. The minimum Gasteiger partial charge on any atom is -0.307 e. The van der Waals surface area contributed by atoms with E-state index in [0.29, 0.717) is 0 Å². The maximum atomic E-state index is 5.17. The van der Waals surface area contributed by atoms with Crippen molar-refractivity contribution < 1.29 is 0 Å². The van der Waals surface area contributed by atoms with Crippen LogP contribution in [0.3, 0.4) is 0 Å². The molecule has 0 spiro atoms. The predicted octanol–water partition coefficient (Wildman–Crippen LogP) is 17.1. The fraction of sp³-hybridized carbons (Fsp3) is 0. The molecule has 6 heteroatoms. The molecular formula is C68H44N6. The highest BCUT2D eigenvalue weighted by molar-refractivity contribution is 6.28. The summed E-state index contributed by atoms with van der Waals surface area (Å²) in [4.78, 5) is 18.8. The molecule has 346 valence electrons. The van der Waals surface area contributed by atoms with Crippen LogP contribution in [0.4, 0.5) is 0 Å². The van der Waals surface area contributed by atoms with Crippen LogP contribution in [-0.4, -0.2) is 29.1 Å². The van der Waals surface area contributed by atoms with Crippen molar-refractivity contribution in [1.82, 2.24) is 29.1 Å². The molecule has 0 aliphatic carbocycles. The van der Waals surface area contributed by atoms with E-state index in [-0.39, 0.29) is 0 Å². The van der Waals surface area contributed by atoms with Crippen molar-refractivity contribution in [2.24, 2.45) is 0 Å². The molecule has 6 heterocycles. The Morgan fingerprint density at radius 3 is 1.20 bits per heavy atom.